The zero-order valence-electron chi connectivity index (χ0n) is 13.4. The number of fused-ring (bicyclic) bond motifs is 1. The van der Waals surface area contributed by atoms with Crippen molar-refractivity contribution in [1.82, 2.24) is 19.5 Å². The van der Waals surface area contributed by atoms with Crippen molar-refractivity contribution in [3.63, 3.8) is 0 Å². The molecule has 8 nitrogen and oxygen atoms in total. The second-order valence-corrected chi connectivity index (χ2v) is 6.65. The average Bonchev–Trinajstić information content (AvgIpc) is 3.06. The number of nitrogens with one attached hydrogen (secondary N) is 1. The summed E-state index contributed by atoms with van der Waals surface area (Å²) in [6.45, 7) is 1.74. The number of hydrogen-bond donors (Lipinski definition) is 3. The highest BCUT2D eigenvalue weighted by atomic mass is 16.4. The Morgan fingerprint density at radius 2 is 2.21 bits per heavy atom. The molecule has 4 rings (SSSR count). The first kappa shape index (κ1) is 14.9. The minimum Gasteiger partial charge on any atom is -0.481 e. The molecule has 8 heteroatoms. The number of nitrogens with two attached hydrogens (primary N) is 1. The number of allylic oxidation sites excluding steroid dienone is 2. The Balaban J connectivity index is 1.65. The molecule has 0 radical (unpaired) electrons. The zero-order valence-corrected chi connectivity index (χ0v) is 13.4. The van der Waals surface area contributed by atoms with Crippen molar-refractivity contribution in [3.05, 3.63) is 18.5 Å². The summed E-state index contributed by atoms with van der Waals surface area (Å²) in [5.41, 5.74) is 7.26. The van der Waals surface area contributed by atoms with Crippen molar-refractivity contribution >= 4 is 28.9 Å². The molecule has 0 aliphatic heterocycles. The lowest BCUT2D eigenvalue weighted by molar-refractivity contribution is -0.142. The van der Waals surface area contributed by atoms with E-state index < -0.39 is 11.9 Å². The molecule has 24 heavy (non-hydrogen) atoms. The van der Waals surface area contributed by atoms with Crippen LogP contribution < -0.4 is 11.1 Å². The van der Waals surface area contributed by atoms with Gasteiger partial charge in [-0.2, -0.15) is 9.97 Å². The van der Waals surface area contributed by atoms with Gasteiger partial charge in [0.2, 0.25) is 5.95 Å². The number of aliphatic carboxylic acids is 1. The van der Waals surface area contributed by atoms with Crippen molar-refractivity contribution in [3.8, 4) is 0 Å². The van der Waals surface area contributed by atoms with E-state index in [1.807, 2.05) is 16.7 Å². The molecule has 1 unspecified atom stereocenters. The quantitative estimate of drug-likeness (QED) is 0.716. The largest absolute Gasteiger partial charge is 0.481 e. The molecule has 1 saturated carbocycles. The topological polar surface area (TPSA) is 119 Å². The van der Waals surface area contributed by atoms with E-state index in [4.69, 9.17) is 5.73 Å². The lowest BCUT2D eigenvalue weighted by Gasteiger charge is -2.16. The molecular weight excluding hydrogens is 308 g/mol. The van der Waals surface area contributed by atoms with Crippen LogP contribution in [0.2, 0.25) is 0 Å². The van der Waals surface area contributed by atoms with E-state index in [2.05, 4.69) is 20.3 Å². The molecule has 0 spiro atoms. The summed E-state index contributed by atoms with van der Waals surface area (Å²) < 4.78 is 1.95. The second-order valence-electron chi connectivity index (χ2n) is 6.65. The highest BCUT2D eigenvalue weighted by Gasteiger charge is 2.30. The standard InChI is InChI=1S/C16H20N6O2/c1-8(15(23)24)9-2-5-11(6-9)22-7-18-12-13(19-10-3-4-10)20-16(17)21-14(12)22/h2,5,7-11H,3-4,6H2,1H3,(H,23,24)(H3,17,19,20,21)/t8?,9-,11+/m1/s1. The van der Waals surface area contributed by atoms with Crippen molar-refractivity contribution in [2.75, 3.05) is 11.1 Å². The molecule has 0 aromatic carbocycles. The van der Waals surface area contributed by atoms with Gasteiger partial charge in [0.15, 0.2) is 17.0 Å². The van der Waals surface area contributed by atoms with E-state index in [9.17, 15) is 9.90 Å². The third kappa shape index (κ3) is 2.57. The molecule has 126 valence electrons. The third-order valence-corrected chi connectivity index (χ3v) is 4.84. The molecule has 2 aromatic heterocycles. The first-order chi connectivity index (χ1) is 11.5. The summed E-state index contributed by atoms with van der Waals surface area (Å²) in [6, 6.07) is 0.477. The highest BCUT2D eigenvalue weighted by molar-refractivity contribution is 5.84. The molecule has 0 saturated heterocycles. The summed E-state index contributed by atoms with van der Waals surface area (Å²) >= 11 is 0. The molecule has 4 N–H and O–H groups in total. The first-order valence-electron chi connectivity index (χ1n) is 8.20. The Hall–Kier alpha value is -2.64. The van der Waals surface area contributed by atoms with E-state index in [1.165, 1.54) is 0 Å². The van der Waals surface area contributed by atoms with E-state index in [0.717, 1.165) is 12.8 Å². The SMILES string of the molecule is CC(C(=O)O)[C@@H]1C=C[C@H](n2cnc3c(NC4CC4)nc(N)nc32)C1. The van der Waals surface area contributed by atoms with E-state index in [0.29, 0.717) is 29.4 Å². The Bertz CT molecular complexity index is 825. The molecular formula is C16H20N6O2. The minimum absolute atomic E-state index is 0.00759. The number of anilines is 2. The van der Waals surface area contributed by atoms with Crippen LogP contribution in [-0.2, 0) is 4.79 Å². The lowest BCUT2D eigenvalue weighted by atomic mass is 9.93. The van der Waals surface area contributed by atoms with Gasteiger partial charge in [0, 0.05) is 6.04 Å². The number of rotatable bonds is 5. The molecule has 2 aliphatic rings. The van der Waals surface area contributed by atoms with Crippen LogP contribution in [0.4, 0.5) is 11.8 Å². The predicted octanol–water partition coefficient (Wildman–Crippen LogP) is 1.82. The van der Waals surface area contributed by atoms with Gasteiger partial charge in [-0.1, -0.05) is 19.1 Å². The summed E-state index contributed by atoms with van der Waals surface area (Å²) in [5.74, 6) is -0.287. The minimum atomic E-state index is -0.775. The molecule has 3 atom stereocenters. The number of carboxylic acid groups (broad SMARTS) is 1. The van der Waals surface area contributed by atoms with Crippen molar-refractivity contribution in [2.45, 2.75) is 38.3 Å². The number of carbonyl (C=O) groups is 1. The fraction of sp³-hybridized carbons (Fsp3) is 0.500. The Morgan fingerprint density at radius 3 is 2.92 bits per heavy atom. The number of nitrogens with zero attached hydrogens (tertiary/aromatic N) is 4. The number of nitrogen functional groups attached to an aromatic ring is 1. The molecule has 0 bridgehead atoms. The summed E-state index contributed by atoms with van der Waals surface area (Å²) in [6.07, 6.45) is 8.72. The Kier molecular flexibility index (Phi) is 3.40. The van der Waals surface area contributed by atoms with E-state index >= 15 is 0 Å². The number of hydrogen-bond acceptors (Lipinski definition) is 6. The zero-order chi connectivity index (χ0) is 16.8. The Morgan fingerprint density at radius 1 is 1.42 bits per heavy atom. The summed E-state index contributed by atoms with van der Waals surface area (Å²) in [5, 5.41) is 12.5. The predicted molar refractivity (Wildman–Crippen MR) is 89.5 cm³/mol. The third-order valence-electron chi connectivity index (χ3n) is 4.84. The number of carboxylic acids is 1. The van der Waals surface area contributed by atoms with Gasteiger partial charge in [0.25, 0.3) is 0 Å². The van der Waals surface area contributed by atoms with Crippen LogP contribution in [-0.4, -0.2) is 36.6 Å². The van der Waals surface area contributed by atoms with E-state index in [1.54, 1.807) is 13.3 Å². The van der Waals surface area contributed by atoms with Crippen LogP contribution in [0.3, 0.4) is 0 Å². The molecule has 2 aromatic rings. The van der Waals surface area contributed by atoms with Gasteiger partial charge >= 0.3 is 5.97 Å². The number of aromatic nitrogens is 4. The van der Waals surface area contributed by atoms with E-state index in [-0.39, 0.29) is 17.9 Å². The maximum absolute atomic E-state index is 11.2. The van der Waals surface area contributed by atoms with Crippen LogP contribution in [0, 0.1) is 11.8 Å². The van der Waals surface area contributed by atoms with Crippen LogP contribution in [0.5, 0.6) is 0 Å². The maximum Gasteiger partial charge on any atom is 0.306 e. The van der Waals surface area contributed by atoms with Crippen LogP contribution in [0.1, 0.15) is 32.2 Å². The van der Waals surface area contributed by atoms with Gasteiger partial charge in [0.05, 0.1) is 18.3 Å². The van der Waals surface area contributed by atoms with Gasteiger partial charge in [-0.25, -0.2) is 4.98 Å². The van der Waals surface area contributed by atoms with Gasteiger partial charge in [0.1, 0.15) is 0 Å². The van der Waals surface area contributed by atoms with Gasteiger partial charge in [-0.05, 0) is 25.2 Å². The van der Waals surface area contributed by atoms with Gasteiger partial charge in [-0.3, -0.25) is 4.79 Å². The summed E-state index contributed by atoms with van der Waals surface area (Å²) in [4.78, 5) is 24.3. The monoisotopic (exact) mass is 328 g/mol. The van der Waals surface area contributed by atoms with Gasteiger partial charge in [-0.15, -0.1) is 0 Å². The van der Waals surface area contributed by atoms with Crippen molar-refractivity contribution < 1.29 is 9.90 Å². The molecule has 1 fully saturated rings. The maximum atomic E-state index is 11.2. The molecule has 2 aliphatic carbocycles. The molecule has 0 amide bonds. The van der Waals surface area contributed by atoms with Crippen LogP contribution >= 0.6 is 0 Å². The fourth-order valence-electron chi connectivity index (χ4n) is 3.16. The lowest BCUT2D eigenvalue weighted by Crippen LogP contribution is -2.19. The fourth-order valence-corrected chi connectivity index (χ4v) is 3.16. The highest BCUT2D eigenvalue weighted by Crippen LogP contribution is 2.35. The first-order valence-corrected chi connectivity index (χ1v) is 8.20. The second kappa shape index (κ2) is 5.47. The van der Waals surface area contributed by atoms with Crippen molar-refractivity contribution in [2.24, 2.45) is 11.8 Å². The molecule has 2 heterocycles. The Labute approximate surface area is 138 Å². The number of imidazole rings is 1. The summed E-state index contributed by atoms with van der Waals surface area (Å²) in [7, 11) is 0. The smallest absolute Gasteiger partial charge is 0.306 e. The average molecular weight is 328 g/mol. The van der Waals surface area contributed by atoms with Crippen LogP contribution in [0.15, 0.2) is 18.5 Å². The normalized spacial score (nSPS) is 24.4. The van der Waals surface area contributed by atoms with Gasteiger partial charge < -0.3 is 20.7 Å². The van der Waals surface area contributed by atoms with Crippen LogP contribution in [0.25, 0.3) is 11.2 Å². The van der Waals surface area contributed by atoms with Crippen molar-refractivity contribution in [1.29, 1.82) is 0 Å².